The van der Waals surface area contributed by atoms with E-state index in [1.165, 1.54) is 38.5 Å². The summed E-state index contributed by atoms with van der Waals surface area (Å²) in [5, 5.41) is 2.65. The molecular weight excluding hydrogens is 190 g/mol. The van der Waals surface area contributed by atoms with E-state index < -0.39 is 0 Å². The lowest BCUT2D eigenvalue weighted by Crippen LogP contribution is -2.53. The van der Waals surface area contributed by atoms with Crippen LogP contribution in [0.25, 0.3) is 0 Å². The first-order valence-electron chi connectivity index (χ1n) is 5.72. The standard InChI is InChI=1S/C12H17NS/c1-11-3-9-2-10(4-11)6-12(5-9,7-11)13-8-14/h9-10H,2-7H2,1H3/t9-,10-,11?,12?/m1/s1. The molecule has 4 bridgehead atoms. The quantitative estimate of drug-likeness (QED) is 0.474. The summed E-state index contributed by atoms with van der Waals surface area (Å²) in [5.74, 6) is 1.88. The molecule has 0 radical (unpaired) electrons. The predicted octanol–water partition coefficient (Wildman–Crippen LogP) is 3.45. The van der Waals surface area contributed by atoms with Gasteiger partial charge in [-0.25, -0.2) is 4.99 Å². The molecule has 2 atom stereocenters. The fraction of sp³-hybridized carbons (Fsp3) is 0.917. The SMILES string of the molecule is CC12C[C@H]3C[C@H](C1)CC(N=C=S)(C3)C2. The van der Waals surface area contributed by atoms with Crippen LogP contribution in [-0.2, 0) is 0 Å². The summed E-state index contributed by atoms with van der Waals surface area (Å²) in [4.78, 5) is 4.53. The molecule has 0 aromatic carbocycles. The first-order chi connectivity index (χ1) is 6.63. The number of hydrogen-bond donors (Lipinski definition) is 0. The molecule has 0 spiro atoms. The second kappa shape index (κ2) is 2.68. The van der Waals surface area contributed by atoms with Crippen LogP contribution < -0.4 is 0 Å². The molecule has 0 unspecified atom stereocenters. The maximum atomic E-state index is 4.81. The summed E-state index contributed by atoms with van der Waals surface area (Å²) in [7, 11) is 0. The molecule has 0 heterocycles. The number of rotatable bonds is 1. The minimum atomic E-state index is 0.223. The molecule has 0 aromatic heterocycles. The lowest BCUT2D eigenvalue weighted by molar-refractivity contribution is -0.0549. The van der Waals surface area contributed by atoms with Crippen LogP contribution in [0.1, 0.15) is 45.4 Å². The van der Waals surface area contributed by atoms with Crippen molar-refractivity contribution in [3.05, 3.63) is 0 Å². The van der Waals surface area contributed by atoms with E-state index in [0.29, 0.717) is 5.41 Å². The summed E-state index contributed by atoms with van der Waals surface area (Å²) in [6.07, 6.45) is 8.21. The average Bonchev–Trinajstić information content (AvgIpc) is 1.97. The molecule has 4 fully saturated rings. The molecule has 14 heavy (non-hydrogen) atoms. The molecule has 2 heteroatoms. The molecule has 76 valence electrons. The van der Waals surface area contributed by atoms with E-state index in [9.17, 15) is 0 Å². The van der Waals surface area contributed by atoms with Crippen LogP contribution >= 0.6 is 12.2 Å². The van der Waals surface area contributed by atoms with Crippen LogP contribution in [0.4, 0.5) is 0 Å². The van der Waals surface area contributed by atoms with Crippen molar-refractivity contribution in [2.24, 2.45) is 22.2 Å². The highest BCUT2D eigenvalue weighted by Crippen LogP contribution is 2.62. The Balaban J connectivity index is 2.00. The van der Waals surface area contributed by atoms with Crippen molar-refractivity contribution >= 4 is 17.4 Å². The highest BCUT2D eigenvalue weighted by atomic mass is 32.1. The third-order valence-corrected chi connectivity index (χ3v) is 4.70. The topological polar surface area (TPSA) is 12.4 Å². The predicted molar refractivity (Wildman–Crippen MR) is 60.5 cm³/mol. The summed E-state index contributed by atoms with van der Waals surface area (Å²) < 4.78 is 0. The van der Waals surface area contributed by atoms with E-state index in [4.69, 9.17) is 12.2 Å². The monoisotopic (exact) mass is 207 g/mol. The maximum Gasteiger partial charge on any atom is 0.0721 e. The van der Waals surface area contributed by atoms with Gasteiger partial charge < -0.3 is 0 Å². The van der Waals surface area contributed by atoms with Crippen LogP contribution in [0.2, 0.25) is 0 Å². The maximum absolute atomic E-state index is 4.81. The molecule has 0 aromatic rings. The number of nitrogens with zero attached hydrogens (tertiary/aromatic N) is 1. The Morgan fingerprint density at radius 2 is 1.86 bits per heavy atom. The summed E-state index contributed by atoms with van der Waals surface area (Å²) in [6.45, 7) is 2.46. The Bertz CT molecular complexity index is 302. The van der Waals surface area contributed by atoms with Gasteiger partial charge >= 0.3 is 0 Å². The minimum absolute atomic E-state index is 0.223. The minimum Gasteiger partial charge on any atom is -0.226 e. The molecule has 0 N–H and O–H groups in total. The summed E-state index contributed by atoms with van der Waals surface area (Å²) >= 11 is 4.81. The van der Waals surface area contributed by atoms with Gasteiger partial charge in [-0.15, -0.1) is 0 Å². The second-order valence-electron chi connectivity index (χ2n) is 6.20. The lowest BCUT2D eigenvalue weighted by atomic mass is 9.47. The molecule has 4 aliphatic rings. The van der Waals surface area contributed by atoms with Gasteiger partial charge in [0.15, 0.2) is 0 Å². The Hall–Kier alpha value is -0.200. The largest absolute Gasteiger partial charge is 0.226 e. The highest BCUT2D eigenvalue weighted by Gasteiger charge is 2.55. The molecule has 4 rings (SSSR count). The highest BCUT2D eigenvalue weighted by molar-refractivity contribution is 7.78. The molecule has 0 amide bonds. The fourth-order valence-electron chi connectivity index (χ4n) is 4.90. The first kappa shape index (κ1) is 9.06. The third-order valence-electron chi connectivity index (χ3n) is 4.61. The van der Waals surface area contributed by atoms with Crippen LogP contribution in [-0.4, -0.2) is 10.7 Å². The zero-order valence-electron chi connectivity index (χ0n) is 8.75. The van der Waals surface area contributed by atoms with Gasteiger partial charge in [0.1, 0.15) is 0 Å². The molecule has 1 nitrogen and oxygen atoms in total. The van der Waals surface area contributed by atoms with Crippen molar-refractivity contribution in [3.63, 3.8) is 0 Å². The number of isothiocyanates is 1. The molecule has 0 saturated heterocycles. The van der Waals surface area contributed by atoms with E-state index >= 15 is 0 Å². The zero-order valence-corrected chi connectivity index (χ0v) is 9.57. The Morgan fingerprint density at radius 1 is 1.21 bits per heavy atom. The van der Waals surface area contributed by atoms with Crippen molar-refractivity contribution < 1.29 is 0 Å². The first-order valence-corrected chi connectivity index (χ1v) is 6.13. The van der Waals surface area contributed by atoms with Crippen LogP contribution in [0.15, 0.2) is 4.99 Å². The summed E-state index contributed by atoms with van der Waals surface area (Å²) in [6, 6.07) is 0. The van der Waals surface area contributed by atoms with Gasteiger partial charge in [0.25, 0.3) is 0 Å². The van der Waals surface area contributed by atoms with Gasteiger partial charge in [0.2, 0.25) is 0 Å². The van der Waals surface area contributed by atoms with Crippen molar-refractivity contribution in [1.29, 1.82) is 0 Å². The number of aliphatic imine (C=N–C) groups is 1. The van der Waals surface area contributed by atoms with E-state index in [1.54, 1.807) is 0 Å². The smallest absolute Gasteiger partial charge is 0.0721 e. The lowest BCUT2D eigenvalue weighted by Gasteiger charge is -2.59. The van der Waals surface area contributed by atoms with Gasteiger partial charge in [-0.05, 0) is 68.0 Å². The molecule has 4 aliphatic carbocycles. The zero-order chi connectivity index (χ0) is 9.81. The van der Waals surface area contributed by atoms with Crippen LogP contribution in [0.3, 0.4) is 0 Å². The fourth-order valence-corrected chi connectivity index (χ4v) is 5.09. The van der Waals surface area contributed by atoms with E-state index in [-0.39, 0.29) is 5.54 Å². The van der Waals surface area contributed by atoms with E-state index in [1.807, 2.05) is 0 Å². The van der Waals surface area contributed by atoms with Gasteiger partial charge in [-0.1, -0.05) is 6.92 Å². The second-order valence-corrected chi connectivity index (χ2v) is 6.38. The Labute approximate surface area is 91.0 Å². The van der Waals surface area contributed by atoms with Gasteiger partial charge in [-0.3, -0.25) is 0 Å². The molecule has 4 saturated carbocycles. The van der Waals surface area contributed by atoms with E-state index in [2.05, 4.69) is 17.1 Å². The normalized spacial score (nSPS) is 54.4. The van der Waals surface area contributed by atoms with E-state index in [0.717, 1.165) is 11.8 Å². The van der Waals surface area contributed by atoms with Crippen LogP contribution in [0, 0.1) is 17.3 Å². The number of thiocarbonyl (C=S) groups is 1. The average molecular weight is 207 g/mol. The third kappa shape index (κ3) is 1.20. The van der Waals surface area contributed by atoms with Crippen molar-refractivity contribution in [2.45, 2.75) is 51.0 Å². The number of hydrogen-bond acceptors (Lipinski definition) is 2. The van der Waals surface area contributed by atoms with Gasteiger partial charge in [0.05, 0.1) is 10.7 Å². The van der Waals surface area contributed by atoms with Crippen molar-refractivity contribution in [2.75, 3.05) is 0 Å². The van der Waals surface area contributed by atoms with Crippen molar-refractivity contribution in [3.8, 4) is 0 Å². The van der Waals surface area contributed by atoms with Gasteiger partial charge in [-0.2, -0.15) is 0 Å². The molecule has 0 aliphatic heterocycles. The Morgan fingerprint density at radius 3 is 2.36 bits per heavy atom. The summed E-state index contributed by atoms with van der Waals surface area (Å²) in [5.41, 5.74) is 0.806. The molecular formula is C12H17NS. The van der Waals surface area contributed by atoms with Crippen molar-refractivity contribution in [1.82, 2.24) is 0 Å². The van der Waals surface area contributed by atoms with Crippen LogP contribution in [0.5, 0.6) is 0 Å². The Kier molecular flexibility index (Phi) is 1.73. The van der Waals surface area contributed by atoms with Gasteiger partial charge in [0, 0.05) is 0 Å².